The average Bonchev–Trinajstić information content (AvgIpc) is 2.18. The molecule has 1 aromatic heterocycles. The molecule has 0 aliphatic carbocycles. The number of rotatable bonds is 4. The van der Waals surface area contributed by atoms with Crippen LogP contribution in [0.25, 0.3) is 0 Å². The molecule has 0 saturated heterocycles. The number of carboxylic acids is 1. The highest BCUT2D eigenvalue weighted by molar-refractivity contribution is 8.00. The lowest BCUT2D eigenvalue weighted by molar-refractivity contribution is -0.149. The number of pyridine rings is 1. The number of carbonyl (C=O) groups is 1. The molecule has 17 heavy (non-hydrogen) atoms. The van der Waals surface area contributed by atoms with E-state index in [9.17, 15) is 18.0 Å². The van der Waals surface area contributed by atoms with Gasteiger partial charge in [0.2, 0.25) is 0 Å². The normalized spacial score (nSPS) is 13.4. The maximum Gasteiger partial charge on any atom is 0.401 e. The SMILES string of the molecule is O=C(O)CC(Sc1ccc(Cl)cn1)C(F)(F)F. The van der Waals surface area contributed by atoms with Gasteiger partial charge in [0.15, 0.2) is 0 Å². The van der Waals surface area contributed by atoms with Crippen LogP contribution >= 0.6 is 23.4 Å². The number of hydrogen-bond acceptors (Lipinski definition) is 3. The number of carboxylic acid groups (broad SMARTS) is 1. The van der Waals surface area contributed by atoms with Crippen LogP contribution in [0.1, 0.15) is 6.42 Å². The molecule has 0 aliphatic heterocycles. The van der Waals surface area contributed by atoms with Gasteiger partial charge in [-0.1, -0.05) is 23.4 Å². The Morgan fingerprint density at radius 3 is 2.59 bits per heavy atom. The number of aromatic nitrogens is 1. The van der Waals surface area contributed by atoms with Gasteiger partial charge in [0.1, 0.15) is 5.25 Å². The summed E-state index contributed by atoms with van der Waals surface area (Å²) in [6.07, 6.45) is -4.39. The quantitative estimate of drug-likeness (QED) is 0.863. The van der Waals surface area contributed by atoms with E-state index in [-0.39, 0.29) is 5.03 Å². The van der Waals surface area contributed by atoms with Gasteiger partial charge in [0.05, 0.1) is 16.5 Å². The van der Waals surface area contributed by atoms with Crippen LogP contribution in [0.5, 0.6) is 0 Å². The third-order valence-electron chi connectivity index (χ3n) is 1.69. The third-order valence-corrected chi connectivity index (χ3v) is 3.11. The highest BCUT2D eigenvalue weighted by Crippen LogP contribution is 2.36. The maximum atomic E-state index is 12.5. The first-order valence-corrected chi connectivity index (χ1v) is 5.61. The first kappa shape index (κ1) is 14.1. The fourth-order valence-electron chi connectivity index (χ4n) is 0.961. The van der Waals surface area contributed by atoms with Crippen molar-refractivity contribution in [3.05, 3.63) is 23.4 Å². The van der Waals surface area contributed by atoms with Crippen LogP contribution in [0.3, 0.4) is 0 Å². The molecule has 0 radical (unpaired) electrons. The van der Waals surface area contributed by atoms with Gasteiger partial charge in [-0.25, -0.2) is 4.98 Å². The van der Waals surface area contributed by atoms with Crippen molar-refractivity contribution in [2.45, 2.75) is 22.9 Å². The summed E-state index contributed by atoms with van der Waals surface area (Å²) in [6, 6.07) is 2.71. The van der Waals surface area contributed by atoms with Gasteiger partial charge in [0, 0.05) is 6.20 Å². The zero-order valence-corrected chi connectivity index (χ0v) is 9.81. The van der Waals surface area contributed by atoms with Gasteiger partial charge in [-0.3, -0.25) is 4.79 Å². The second-order valence-corrected chi connectivity index (χ2v) is 4.72. The van der Waals surface area contributed by atoms with Crippen LogP contribution in [-0.4, -0.2) is 27.5 Å². The number of halogens is 4. The Morgan fingerprint density at radius 1 is 1.53 bits per heavy atom. The number of thioether (sulfide) groups is 1. The molecule has 1 rings (SSSR count). The predicted octanol–water partition coefficient (Wildman–Crippen LogP) is 3.23. The van der Waals surface area contributed by atoms with Gasteiger partial charge in [-0.05, 0) is 12.1 Å². The number of aliphatic carboxylic acids is 1. The Balaban J connectivity index is 2.79. The summed E-state index contributed by atoms with van der Waals surface area (Å²) in [5, 5.41) is 6.78. The van der Waals surface area contributed by atoms with Crippen LogP contribution in [0.2, 0.25) is 5.02 Å². The van der Waals surface area contributed by atoms with E-state index in [1.807, 2.05) is 0 Å². The Labute approximate surface area is 104 Å². The van der Waals surface area contributed by atoms with E-state index in [4.69, 9.17) is 16.7 Å². The molecule has 0 bridgehead atoms. The van der Waals surface area contributed by atoms with Crippen molar-refractivity contribution < 1.29 is 23.1 Å². The fraction of sp³-hybridized carbons (Fsp3) is 0.333. The van der Waals surface area contributed by atoms with Crippen molar-refractivity contribution in [2.75, 3.05) is 0 Å². The molecule has 1 atom stereocenters. The molecule has 0 fully saturated rings. The molecule has 8 heteroatoms. The Hall–Kier alpha value is -0.950. The molecule has 0 spiro atoms. The second-order valence-electron chi connectivity index (χ2n) is 3.06. The van der Waals surface area contributed by atoms with Gasteiger partial charge in [-0.15, -0.1) is 0 Å². The first-order chi connectivity index (χ1) is 7.79. The molecular weight excluding hydrogens is 279 g/mol. The average molecular weight is 286 g/mol. The van der Waals surface area contributed by atoms with Gasteiger partial charge in [-0.2, -0.15) is 13.2 Å². The zero-order chi connectivity index (χ0) is 13.1. The summed E-state index contributed by atoms with van der Waals surface area (Å²) in [6.45, 7) is 0. The number of hydrogen-bond donors (Lipinski definition) is 1. The van der Waals surface area contributed by atoms with E-state index in [1.165, 1.54) is 18.3 Å². The molecule has 1 N–H and O–H groups in total. The summed E-state index contributed by atoms with van der Waals surface area (Å²) in [5.41, 5.74) is 0. The third kappa shape index (κ3) is 4.82. The Kier molecular flexibility index (Phi) is 4.64. The van der Waals surface area contributed by atoms with E-state index in [0.717, 1.165) is 0 Å². The van der Waals surface area contributed by atoms with Gasteiger partial charge >= 0.3 is 12.1 Å². The molecule has 0 amide bonds. The molecule has 0 saturated carbocycles. The highest BCUT2D eigenvalue weighted by atomic mass is 35.5. The van der Waals surface area contributed by atoms with Crippen LogP contribution in [0.15, 0.2) is 23.4 Å². The Morgan fingerprint density at radius 2 is 2.18 bits per heavy atom. The number of alkyl halides is 3. The highest BCUT2D eigenvalue weighted by Gasteiger charge is 2.42. The minimum Gasteiger partial charge on any atom is -0.481 e. The lowest BCUT2D eigenvalue weighted by Gasteiger charge is -2.17. The fourth-order valence-corrected chi connectivity index (χ4v) is 1.98. The molecule has 1 unspecified atom stereocenters. The van der Waals surface area contributed by atoms with Gasteiger partial charge in [0.25, 0.3) is 0 Å². The Bertz CT molecular complexity index is 396. The van der Waals surface area contributed by atoms with E-state index in [2.05, 4.69) is 4.98 Å². The summed E-state index contributed by atoms with van der Waals surface area (Å²) in [7, 11) is 0. The van der Waals surface area contributed by atoms with E-state index in [1.54, 1.807) is 0 Å². The van der Waals surface area contributed by atoms with Gasteiger partial charge < -0.3 is 5.11 Å². The van der Waals surface area contributed by atoms with E-state index >= 15 is 0 Å². The van der Waals surface area contributed by atoms with Crippen molar-refractivity contribution in [3.8, 4) is 0 Å². The standard InChI is InChI=1S/C9H7ClF3NO2S/c10-5-1-2-7(14-4-5)17-6(3-8(15)16)9(11,12)13/h1-2,4,6H,3H2,(H,15,16). The van der Waals surface area contributed by atoms with Crippen LogP contribution < -0.4 is 0 Å². The minimum absolute atomic E-state index is 0.0815. The van der Waals surface area contributed by atoms with Crippen molar-refractivity contribution in [1.29, 1.82) is 0 Å². The minimum atomic E-state index is -4.59. The molecule has 94 valence electrons. The van der Waals surface area contributed by atoms with Crippen LogP contribution in [-0.2, 0) is 4.79 Å². The molecule has 1 aromatic rings. The molecular formula is C9H7ClF3NO2S. The van der Waals surface area contributed by atoms with E-state index in [0.29, 0.717) is 16.8 Å². The predicted molar refractivity (Wildman–Crippen MR) is 57.2 cm³/mol. The molecule has 0 aromatic carbocycles. The maximum absolute atomic E-state index is 12.5. The zero-order valence-electron chi connectivity index (χ0n) is 8.24. The second kappa shape index (κ2) is 5.59. The van der Waals surface area contributed by atoms with Crippen LogP contribution in [0, 0.1) is 0 Å². The van der Waals surface area contributed by atoms with Crippen molar-refractivity contribution in [1.82, 2.24) is 4.98 Å². The molecule has 3 nitrogen and oxygen atoms in total. The summed E-state index contributed by atoms with van der Waals surface area (Å²) in [5.74, 6) is -1.51. The largest absolute Gasteiger partial charge is 0.481 e. The lowest BCUT2D eigenvalue weighted by Crippen LogP contribution is -2.28. The summed E-state index contributed by atoms with van der Waals surface area (Å²) >= 11 is 5.89. The number of nitrogens with zero attached hydrogens (tertiary/aromatic N) is 1. The topological polar surface area (TPSA) is 50.2 Å². The molecule has 0 aliphatic rings. The van der Waals surface area contributed by atoms with Crippen LogP contribution in [0.4, 0.5) is 13.2 Å². The monoisotopic (exact) mass is 285 g/mol. The first-order valence-electron chi connectivity index (χ1n) is 4.36. The summed E-state index contributed by atoms with van der Waals surface area (Å²) in [4.78, 5) is 14.0. The molecule has 1 heterocycles. The van der Waals surface area contributed by atoms with E-state index < -0.39 is 23.8 Å². The smallest absolute Gasteiger partial charge is 0.401 e. The van der Waals surface area contributed by atoms with Crippen molar-refractivity contribution in [2.24, 2.45) is 0 Å². The van der Waals surface area contributed by atoms with Crippen molar-refractivity contribution >= 4 is 29.3 Å². The summed E-state index contributed by atoms with van der Waals surface area (Å²) < 4.78 is 37.5. The lowest BCUT2D eigenvalue weighted by atomic mass is 10.3. The van der Waals surface area contributed by atoms with Crippen molar-refractivity contribution in [3.63, 3.8) is 0 Å².